The summed E-state index contributed by atoms with van der Waals surface area (Å²) in [4.78, 5) is 33.5. The SMILES string of the molecule is CC(C)CC(C)(P(=O)(O)O)P(=O)(O)O. The van der Waals surface area contributed by atoms with Gasteiger partial charge in [-0.25, -0.2) is 0 Å². The second-order valence-corrected chi connectivity index (χ2v) is 8.41. The summed E-state index contributed by atoms with van der Waals surface area (Å²) in [7, 11) is -9.65. The second-order valence-electron chi connectivity index (χ2n) is 3.90. The van der Waals surface area contributed by atoms with Crippen LogP contribution in [0.4, 0.5) is 0 Å². The minimum absolute atomic E-state index is 0.208. The summed E-state index contributed by atoms with van der Waals surface area (Å²) in [6.45, 7) is 4.21. The Morgan fingerprint density at radius 2 is 1.36 bits per heavy atom. The Labute approximate surface area is 82.7 Å². The van der Waals surface area contributed by atoms with Crippen LogP contribution in [-0.4, -0.2) is 24.5 Å². The zero-order valence-corrected chi connectivity index (χ0v) is 10.1. The van der Waals surface area contributed by atoms with Gasteiger partial charge in [0.2, 0.25) is 0 Å². The van der Waals surface area contributed by atoms with Crippen molar-refractivity contribution in [3.8, 4) is 0 Å². The van der Waals surface area contributed by atoms with Gasteiger partial charge in [-0.3, -0.25) is 9.13 Å². The van der Waals surface area contributed by atoms with Crippen LogP contribution >= 0.6 is 15.2 Å². The standard InChI is InChI=1S/C6H16O6P2/c1-5(2)4-6(3,13(7,8)9)14(10,11)12/h5H,4H2,1-3H3,(H2,7,8,9)(H2,10,11,12). The maximum Gasteiger partial charge on any atom is 0.343 e. The van der Waals surface area contributed by atoms with E-state index in [1.165, 1.54) is 0 Å². The van der Waals surface area contributed by atoms with Gasteiger partial charge in [-0.1, -0.05) is 13.8 Å². The molecule has 0 atom stereocenters. The molecule has 0 aromatic rings. The van der Waals surface area contributed by atoms with Crippen molar-refractivity contribution < 1.29 is 28.7 Å². The monoisotopic (exact) mass is 246 g/mol. The quantitative estimate of drug-likeness (QED) is 0.552. The van der Waals surface area contributed by atoms with Crippen molar-refractivity contribution in [1.29, 1.82) is 0 Å². The smallest absolute Gasteiger partial charge is 0.324 e. The molecule has 86 valence electrons. The van der Waals surface area contributed by atoms with Crippen molar-refractivity contribution >= 4 is 15.2 Å². The van der Waals surface area contributed by atoms with Gasteiger partial charge in [0.1, 0.15) is 0 Å². The third-order valence-corrected chi connectivity index (χ3v) is 6.49. The first-order chi connectivity index (χ1) is 5.92. The van der Waals surface area contributed by atoms with E-state index >= 15 is 0 Å². The number of rotatable bonds is 4. The number of hydrogen-bond donors (Lipinski definition) is 4. The predicted octanol–water partition coefficient (Wildman–Crippen LogP) is 1.10. The molecule has 0 aliphatic heterocycles. The van der Waals surface area contributed by atoms with Gasteiger partial charge in [-0.05, 0) is 19.3 Å². The molecule has 0 bridgehead atoms. The van der Waals surface area contributed by atoms with E-state index in [0.717, 1.165) is 6.92 Å². The maximum atomic E-state index is 11.0. The topological polar surface area (TPSA) is 115 Å². The molecule has 6 nitrogen and oxygen atoms in total. The maximum absolute atomic E-state index is 11.0. The lowest BCUT2D eigenvalue weighted by molar-refractivity contribution is 0.297. The van der Waals surface area contributed by atoms with Gasteiger partial charge in [0.05, 0.1) is 0 Å². The molecule has 0 heterocycles. The predicted molar refractivity (Wildman–Crippen MR) is 51.9 cm³/mol. The highest BCUT2D eigenvalue weighted by molar-refractivity contribution is 7.72. The fraction of sp³-hybridized carbons (Fsp3) is 1.00. The average Bonchev–Trinajstić information content (AvgIpc) is 1.79. The molecular formula is C6H16O6P2. The van der Waals surface area contributed by atoms with E-state index in [1.807, 2.05) is 0 Å². The third kappa shape index (κ3) is 2.89. The first kappa shape index (κ1) is 14.3. The highest BCUT2D eigenvalue weighted by Gasteiger charge is 2.56. The summed E-state index contributed by atoms with van der Waals surface area (Å²) in [5.74, 6) is -0.208. The van der Waals surface area contributed by atoms with E-state index in [1.54, 1.807) is 13.8 Å². The fourth-order valence-corrected chi connectivity index (χ4v) is 3.74. The Hall–Kier alpha value is 0.300. The number of hydrogen-bond acceptors (Lipinski definition) is 2. The van der Waals surface area contributed by atoms with Gasteiger partial charge in [-0.2, -0.15) is 0 Å². The molecule has 0 radical (unpaired) electrons. The van der Waals surface area contributed by atoms with E-state index in [-0.39, 0.29) is 12.3 Å². The molecule has 0 aromatic carbocycles. The van der Waals surface area contributed by atoms with Crippen LogP contribution in [0.2, 0.25) is 0 Å². The van der Waals surface area contributed by atoms with Crippen LogP contribution in [0.25, 0.3) is 0 Å². The van der Waals surface area contributed by atoms with E-state index in [2.05, 4.69) is 0 Å². The molecular weight excluding hydrogens is 230 g/mol. The molecule has 0 amide bonds. The molecule has 0 fully saturated rings. The molecule has 8 heteroatoms. The minimum Gasteiger partial charge on any atom is -0.324 e. The van der Waals surface area contributed by atoms with Crippen molar-refractivity contribution in [2.24, 2.45) is 5.92 Å². The molecule has 0 saturated heterocycles. The Kier molecular flexibility index (Phi) is 4.13. The minimum atomic E-state index is -4.83. The molecule has 14 heavy (non-hydrogen) atoms. The first-order valence-corrected chi connectivity index (χ1v) is 7.25. The summed E-state index contributed by atoms with van der Waals surface area (Å²) in [5, 5.41) is 0. The van der Waals surface area contributed by atoms with Gasteiger partial charge in [-0.15, -0.1) is 0 Å². The Morgan fingerprint density at radius 1 is 1.07 bits per heavy atom. The molecule has 0 rings (SSSR count). The molecule has 0 aliphatic carbocycles. The molecule has 0 spiro atoms. The van der Waals surface area contributed by atoms with Crippen molar-refractivity contribution in [1.82, 2.24) is 0 Å². The Morgan fingerprint density at radius 3 is 1.43 bits per heavy atom. The molecule has 4 N–H and O–H groups in total. The van der Waals surface area contributed by atoms with E-state index in [4.69, 9.17) is 19.6 Å². The highest BCUT2D eigenvalue weighted by atomic mass is 31.2. The van der Waals surface area contributed by atoms with Crippen molar-refractivity contribution in [2.45, 2.75) is 32.1 Å². The van der Waals surface area contributed by atoms with Crippen LogP contribution in [-0.2, 0) is 9.13 Å². The normalized spacial score (nSPS) is 14.9. The van der Waals surface area contributed by atoms with Crippen molar-refractivity contribution in [3.63, 3.8) is 0 Å². The van der Waals surface area contributed by atoms with Gasteiger partial charge in [0, 0.05) is 0 Å². The summed E-state index contributed by atoms with van der Waals surface area (Å²) >= 11 is 0. The van der Waals surface area contributed by atoms with Crippen molar-refractivity contribution in [3.05, 3.63) is 0 Å². The van der Waals surface area contributed by atoms with Crippen molar-refractivity contribution in [2.75, 3.05) is 0 Å². The molecule has 0 aromatic heterocycles. The van der Waals surface area contributed by atoms with E-state index in [9.17, 15) is 9.13 Å². The fourth-order valence-electron chi connectivity index (χ4n) is 1.18. The molecule has 0 aliphatic rings. The van der Waals surface area contributed by atoms with Crippen LogP contribution in [0.1, 0.15) is 27.2 Å². The van der Waals surface area contributed by atoms with Crippen LogP contribution in [0, 0.1) is 5.92 Å². The lowest BCUT2D eigenvalue weighted by Crippen LogP contribution is -2.26. The van der Waals surface area contributed by atoms with E-state index < -0.39 is 20.1 Å². The van der Waals surface area contributed by atoms with Gasteiger partial charge >= 0.3 is 15.2 Å². The van der Waals surface area contributed by atoms with Crippen LogP contribution in [0.3, 0.4) is 0 Å². The Bertz CT molecular complexity index is 265. The van der Waals surface area contributed by atoms with Gasteiger partial charge in [0.25, 0.3) is 0 Å². The van der Waals surface area contributed by atoms with Crippen LogP contribution in [0.5, 0.6) is 0 Å². The third-order valence-electron chi connectivity index (χ3n) is 2.05. The summed E-state index contributed by atoms with van der Waals surface area (Å²) in [5.41, 5.74) is 0. The Balaban J connectivity index is 5.30. The summed E-state index contributed by atoms with van der Waals surface area (Å²) < 4.78 is 22.1. The zero-order valence-electron chi connectivity index (χ0n) is 8.28. The van der Waals surface area contributed by atoms with Crippen LogP contribution in [0.15, 0.2) is 0 Å². The second kappa shape index (κ2) is 4.05. The molecule has 0 unspecified atom stereocenters. The zero-order chi connectivity index (χ0) is 11.8. The van der Waals surface area contributed by atoms with Crippen LogP contribution < -0.4 is 0 Å². The van der Waals surface area contributed by atoms with Gasteiger partial charge in [0.15, 0.2) is 4.90 Å². The average molecular weight is 246 g/mol. The molecule has 0 saturated carbocycles. The highest BCUT2D eigenvalue weighted by Crippen LogP contribution is 2.70. The lowest BCUT2D eigenvalue weighted by atomic mass is 10.1. The van der Waals surface area contributed by atoms with Gasteiger partial charge < -0.3 is 19.6 Å². The summed E-state index contributed by atoms with van der Waals surface area (Å²) in [6, 6.07) is 0. The first-order valence-electron chi connectivity index (χ1n) is 4.03. The summed E-state index contributed by atoms with van der Waals surface area (Å²) in [6.07, 6.45) is -0.221. The lowest BCUT2D eigenvalue weighted by Gasteiger charge is -2.32. The largest absolute Gasteiger partial charge is 0.343 e. The van der Waals surface area contributed by atoms with E-state index in [0.29, 0.717) is 0 Å².